The molecular weight excluding hydrogens is 226 g/mol. The van der Waals surface area contributed by atoms with Crippen molar-refractivity contribution in [2.45, 2.75) is 26.8 Å². The van der Waals surface area contributed by atoms with Gasteiger partial charge in [-0.2, -0.15) is 0 Å². The molecule has 2 heteroatoms. The van der Waals surface area contributed by atoms with Gasteiger partial charge in [0.05, 0.1) is 0 Å². The van der Waals surface area contributed by atoms with Crippen molar-refractivity contribution in [1.82, 2.24) is 5.32 Å². The zero-order valence-corrected chi connectivity index (χ0v) is 11.5. The molecule has 1 atom stereocenters. The number of benzene rings is 1. The third-order valence-electron chi connectivity index (χ3n) is 2.98. The smallest absolute Gasteiger partial charge is 0.0297 e. The van der Waals surface area contributed by atoms with Crippen molar-refractivity contribution >= 4 is 11.3 Å². The Bertz CT molecular complexity index is 487. The molecule has 2 aromatic rings. The fourth-order valence-electron chi connectivity index (χ4n) is 2.14. The Hall–Kier alpha value is -1.12. The number of hydrogen-bond donors (Lipinski definition) is 1. The second-order valence-electron chi connectivity index (χ2n) is 4.31. The summed E-state index contributed by atoms with van der Waals surface area (Å²) < 4.78 is 0. The van der Waals surface area contributed by atoms with Crippen LogP contribution >= 0.6 is 11.3 Å². The molecule has 0 saturated heterocycles. The first-order valence-electron chi connectivity index (χ1n) is 6.10. The molecule has 1 heterocycles. The number of aryl methyl sites for hydroxylation is 1. The van der Waals surface area contributed by atoms with E-state index in [9.17, 15) is 0 Å². The van der Waals surface area contributed by atoms with Crippen LogP contribution in [0.3, 0.4) is 0 Å². The van der Waals surface area contributed by atoms with Crippen LogP contribution in [0, 0.1) is 6.92 Å². The van der Waals surface area contributed by atoms with Crippen LogP contribution in [0.15, 0.2) is 35.7 Å². The lowest BCUT2D eigenvalue weighted by Gasteiger charge is -2.16. The van der Waals surface area contributed by atoms with Gasteiger partial charge in [-0.3, -0.25) is 0 Å². The molecule has 90 valence electrons. The van der Waals surface area contributed by atoms with Crippen molar-refractivity contribution in [2.24, 2.45) is 0 Å². The van der Waals surface area contributed by atoms with Crippen LogP contribution in [-0.2, 0) is 0 Å². The minimum atomic E-state index is 0.399. The van der Waals surface area contributed by atoms with Gasteiger partial charge in [-0.05, 0) is 48.5 Å². The molecule has 1 aromatic heterocycles. The maximum atomic E-state index is 3.48. The van der Waals surface area contributed by atoms with Crippen molar-refractivity contribution in [3.63, 3.8) is 0 Å². The topological polar surface area (TPSA) is 12.0 Å². The Balaban J connectivity index is 2.40. The predicted octanol–water partition coefficient (Wildman–Crippen LogP) is 4.39. The molecule has 2 rings (SSSR count). The van der Waals surface area contributed by atoms with Gasteiger partial charge in [0, 0.05) is 10.9 Å². The Morgan fingerprint density at radius 3 is 2.71 bits per heavy atom. The number of nitrogens with one attached hydrogen (secondary N) is 1. The molecule has 0 spiro atoms. The molecule has 1 unspecified atom stereocenters. The van der Waals surface area contributed by atoms with Crippen LogP contribution in [0.2, 0.25) is 0 Å². The van der Waals surface area contributed by atoms with Crippen molar-refractivity contribution < 1.29 is 0 Å². The van der Waals surface area contributed by atoms with Gasteiger partial charge in [0.1, 0.15) is 0 Å². The minimum Gasteiger partial charge on any atom is -0.310 e. The average Bonchev–Trinajstić information content (AvgIpc) is 2.76. The van der Waals surface area contributed by atoms with Crippen molar-refractivity contribution in [1.29, 1.82) is 0 Å². The maximum absolute atomic E-state index is 3.48. The minimum absolute atomic E-state index is 0.399. The van der Waals surface area contributed by atoms with E-state index in [-0.39, 0.29) is 0 Å². The van der Waals surface area contributed by atoms with Crippen LogP contribution < -0.4 is 5.32 Å². The molecule has 0 bridgehead atoms. The molecule has 0 aliphatic heterocycles. The standard InChI is InChI=1S/C15H19NS/c1-4-16-12(3)14-7-5-6-8-15(14)13-9-11(2)17-10-13/h5-10,12,16H,4H2,1-3H3. The van der Waals surface area contributed by atoms with Crippen LogP contribution in [0.25, 0.3) is 11.1 Å². The summed E-state index contributed by atoms with van der Waals surface area (Å²) in [6.07, 6.45) is 0. The summed E-state index contributed by atoms with van der Waals surface area (Å²) >= 11 is 1.81. The fraction of sp³-hybridized carbons (Fsp3) is 0.333. The molecule has 17 heavy (non-hydrogen) atoms. The largest absolute Gasteiger partial charge is 0.310 e. The molecule has 1 aromatic carbocycles. The molecule has 0 saturated carbocycles. The Morgan fingerprint density at radius 1 is 1.29 bits per heavy atom. The first-order chi connectivity index (χ1) is 8.22. The van der Waals surface area contributed by atoms with Gasteiger partial charge in [-0.1, -0.05) is 31.2 Å². The van der Waals surface area contributed by atoms with Crippen LogP contribution in [0.4, 0.5) is 0 Å². The van der Waals surface area contributed by atoms with E-state index in [1.54, 1.807) is 0 Å². The number of hydrogen-bond acceptors (Lipinski definition) is 2. The normalized spacial score (nSPS) is 12.6. The predicted molar refractivity (Wildman–Crippen MR) is 76.6 cm³/mol. The fourth-order valence-corrected chi connectivity index (χ4v) is 2.84. The Kier molecular flexibility index (Phi) is 3.97. The van der Waals surface area contributed by atoms with Crippen LogP contribution in [-0.4, -0.2) is 6.54 Å². The van der Waals surface area contributed by atoms with Gasteiger partial charge in [0.25, 0.3) is 0 Å². The zero-order valence-electron chi connectivity index (χ0n) is 10.7. The lowest BCUT2D eigenvalue weighted by molar-refractivity contribution is 0.599. The molecule has 0 aliphatic rings. The van der Waals surface area contributed by atoms with E-state index in [0.29, 0.717) is 6.04 Å². The molecular formula is C15H19NS. The van der Waals surface area contributed by atoms with Gasteiger partial charge >= 0.3 is 0 Å². The summed E-state index contributed by atoms with van der Waals surface area (Å²) in [5.41, 5.74) is 4.07. The third kappa shape index (κ3) is 2.76. The second kappa shape index (κ2) is 5.48. The highest BCUT2D eigenvalue weighted by Gasteiger charge is 2.11. The van der Waals surface area contributed by atoms with E-state index in [2.05, 4.69) is 61.8 Å². The zero-order chi connectivity index (χ0) is 12.3. The summed E-state index contributed by atoms with van der Waals surface area (Å²) in [5.74, 6) is 0. The van der Waals surface area contributed by atoms with Crippen LogP contribution in [0.1, 0.15) is 30.3 Å². The first-order valence-corrected chi connectivity index (χ1v) is 6.98. The third-order valence-corrected chi connectivity index (χ3v) is 3.84. The Morgan fingerprint density at radius 2 is 2.06 bits per heavy atom. The van der Waals surface area contributed by atoms with Gasteiger partial charge in [0.15, 0.2) is 0 Å². The molecule has 0 radical (unpaired) electrons. The Labute approximate surface area is 108 Å². The van der Waals surface area contributed by atoms with Crippen molar-refractivity contribution in [2.75, 3.05) is 6.54 Å². The van der Waals surface area contributed by atoms with Crippen molar-refractivity contribution in [3.8, 4) is 11.1 Å². The summed E-state index contributed by atoms with van der Waals surface area (Å²) in [6, 6.07) is 11.3. The van der Waals surface area contributed by atoms with Gasteiger partial charge in [0.2, 0.25) is 0 Å². The monoisotopic (exact) mass is 245 g/mol. The second-order valence-corrected chi connectivity index (χ2v) is 5.43. The van der Waals surface area contributed by atoms with Gasteiger partial charge < -0.3 is 5.32 Å². The summed E-state index contributed by atoms with van der Waals surface area (Å²) in [5, 5.41) is 5.73. The van der Waals surface area contributed by atoms with E-state index < -0.39 is 0 Å². The van der Waals surface area contributed by atoms with Crippen LogP contribution in [0.5, 0.6) is 0 Å². The average molecular weight is 245 g/mol. The summed E-state index contributed by atoms with van der Waals surface area (Å²) in [6.45, 7) is 7.53. The molecule has 1 nitrogen and oxygen atoms in total. The maximum Gasteiger partial charge on any atom is 0.0297 e. The molecule has 0 aliphatic carbocycles. The van der Waals surface area contributed by atoms with Gasteiger partial charge in [-0.25, -0.2) is 0 Å². The number of rotatable bonds is 4. The SMILES string of the molecule is CCNC(C)c1ccccc1-c1csc(C)c1. The van der Waals surface area contributed by atoms with E-state index in [0.717, 1.165) is 6.54 Å². The summed E-state index contributed by atoms with van der Waals surface area (Å²) in [7, 11) is 0. The van der Waals surface area contributed by atoms with E-state index in [1.165, 1.54) is 21.6 Å². The highest BCUT2D eigenvalue weighted by atomic mass is 32.1. The molecule has 1 N–H and O–H groups in total. The quantitative estimate of drug-likeness (QED) is 0.842. The van der Waals surface area contributed by atoms with Crippen molar-refractivity contribution in [3.05, 3.63) is 46.2 Å². The van der Waals surface area contributed by atoms with E-state index in [4.69, 9.17) is 0 Å². The highest BCUT2D eigenvalue weighted by Crippen LogP contribution is 2.31. The number of thiophene rings is 1. The lowest BCUT2D eigenvalue weighted by Crippen LogP contribution is -2.18. The van der Waals surface area contributed by atoms with E-state index in [1.807, 2.05) is 11.3 Å². The highest BCUT2D eigenvalue weighted by molar-refractivity contribution is 7.10. The molecule has 0 fully saturated rings. The first kappa shape index (κ1) is 12.3. The summed E-state index contributed by atoms with van der Waals surface area (Å²) in [4.78, 5) is 1.37. The van der Waals surface area contributed by atoms with E-state index >= 15 is 0 Å². The van der Waals surface area contributed by atoms with Gasteiger partial charge in [-0.15, -0.1) is 11.3 Å². The lowest BCUT2D eigenvalue weighted by atomic mass is 9.97. The molecule has 0 amide bonds.